The topological polar surface area (TPSA) is 52.3 Å². The molecule has 0 heterocycles. The van der Waals surface area contributed by atoms with Crippen molar-refractivity contribution < 1.29 is 13.9 Å². The minimum Gasteiger partial charge on any atom is -0.469 e. The minimum atomic E-state index is -0.482. The Hall–Kier alpha value is -1.10. The number of rotatable bonds is 2. The van der Waals surface area contributed by atoms with Gasteiger partial charge in [0.25, 0.3) is 0 Å². The number of methoxy groups -OCH3 is 1. The van der Waals surface area contributed by atoms with Gasteiger partial charge in [-0.25, -0.2) is 4.39 Å². The maximum absolute atomic E-state index is 13.1. The summed E-state index contributed by atoms with van der Waals surface area (Å²) >= 11 is 2.98. The van der Waals surface area contributed by atoms with Gasteiger partial charge in [-0.15, -0.1) is 0 Å². The molecule has 1 rings (SSSR count). The summed E-state index contributed by atoms with van der Waals surface area (Å²) < 4.78 is 17.8. The highest BCUT2D eigenvalue weighted by molar-refractivity contribution is 9.10. The molecule has 3 nitrogen and oxygen atoms in total. The van der Waals surface area contributed by atoms with Crippen molar-refractivity contribution in [1.29, 1.82) is 0 Å². The molecule has 2 N–H and O–H groups in total. The highest BCUT2D eigenvalue weighted by Crippen LogP contribution is 2.24. The molecule has 0 atom stereocenters. The molecule has 0 fully saturated rings. The molecule has 0 radical (unpaired) electrons. The molecule has 76 valence electrons. The second kappa shape index (κ2) is 4.41. The maximum Gasteiger partial charge on any atom is 0.309 e. The van der Waals surface area contributed by atoms with E-state index in [0.717, 1.165) is 0 Å². The SMILES string of the molecule is COC(=O)Cc1cc(N)c(Br)c(F)c1. The average molecular weight is 262 g/mol. The van der Waals surface area contributed by atoms with Crippen LogP contribution in [-0.4, -0.2) is 13.1 Å². The van der Waals surface area contributed by atoms with Crippen LogP contribution in [0.4, 0.5) is 10.1 Å². The molecule has 0 saturated heterocycles. The van der Waals surface area contributed by atoms with Crippen LogP contribution in [-0.2, 0) is 16.0 Å². The summed E-state index contributed by atoms with van der Waals surface area (Å²) in [6.45, 7) is 0. The van der Waals surface area contributed by atoms with E-state index < -0.39 is 11.8 Å². The Bertz CT molecular complexity index is 345. The number of halogens is 2. The van der Waals surface area contributed by atoms with Gasteiger partial charge in [-0.3, -0.25) is 4.79 Å². The number of nitrogens with two attached hydrogens (primary N) is 1. The fourth-order valence-corrected chi connectivity index (χ4v) is 1.24. The van der Waals surface area contributed by atoms with Crippen molar-refractivity contribution in [2.75, 3.05) is 12.8 Å². The number of hydrogen-bond acceptors (Lipinski definition) is 3. The molecule has 0 amide bonds. The van der Waals surface area contributed by atoms with Crippen LogP contribution in [0.15, 0.2) is 16.6 Å². The van der Waals surface area contributed by atoms with E-state index in [2.05, 4.69) is 20.7 Å². The van der Waals surface area contributed by atoms with Crippen LogP contribution in [0.5, 0.6) is 0 Å². The van der Waals surface area contributed by atoms with Crippen LogP contribution in [0.3, 0.4) is 0 Å². The fourth-order valence-electron chi connectivity index (χ4n) is 1.01. The summed E-state index contributed by atoms with van der Waals surface area (Å²) in [6, 6.07) is 2.78. The quantitative estimate of drug-likeness (QED) is 0.654. The van der Waals surface area contributed by atoms with Crippen LogP contribution in [0.2, 0.25) is 0 Å². The largest absolute Gasteiger partial charge is 0.469 e. The smallest absolute Gasteiger partial charge is 0.309 e. The monoisotopic (exact) mass is 261 g/mol. The molecule has 0 aliphatic heterocycles. The van der Waals surface area contributed by atoms with Gasteiger partial charge in [0, 0.05) is 5.69 Å². The van der Waals surface area contributed by atoms with Crippen molar-refractivity contribution in [1.82, 2.24) is 0 Å². The first-order valence-corrected chi connectivity index (χ1v) is 4.64. The summed E-state index contributed by atoms with van der Waals surface area (Å²) in [5, 5.41) is 0. The van der Waals surface area contributed by atoms with Gasteiger partial charge >= 0.3 is 5.97 Å². The average Bonchev–Trinajstić information content (AvgIpc) is 2.14. The van der Waals surface area contributed by atoms with Crippen molar-refractivity contribution in [2.45, 2.75) is 6.42 Å². The molecule has 0 aliphatic rings. The maximum atomic E-state index is 13.1. The van der Waals surface area contributed by atoms with Crippen molar-refractivity contribution in [2.24, 2.45) is 0 Å². The van der Waals surface area contributed by atoms with Gasteiger partial charge < -0.3 is 10.5 Å². The molecule has 0 saturated carbocycles. The molecule has 14 heavy (non-hydrogen) atoms. The second-order valence-electron chi connectivity index (χ2n) is 2.73. The third kappa shape index (κ3) is 2.45. The summed E-state index contributed by atoms with van der Waals surface area (Å²) in [7, 11) is 1.28. The van der Waals surface area contributed by atoms with E-state index in [1.165, 1.54) is 19.2 Å². The fraction of sp³-hybridized carbons (Fsp3) is 0.222. The molecule has 0 aromatic heterocycles. The lowest BCUT2D eigenvalue weighted by atomic mass is 10.1. The van der Waals surface area contributed by atoms with E-state index in [9.17, 15) is 9.18 Å². The Morgan fingerprint density at radius 2 is 2.29 bits per heavy atom. The van der Waals surface area contributed by atoms with Gasteiger partial charge in [0.1, 0.15) is 5.82 Å². The Balaban J connectivity index is 2.95. The highest BCUT2D eigenvalue weighted by atomic mass is 79.9. The van der Waals surface area contributed by atoms with E-state index in [1.54, 1.807) is 0 Å². The summed E-state index contributed by atoms with van der Waals surface area (Å²) in [5.41, 5.74) is 6.26. The van der Waals surface area contributed by atoms with Crippen LogP contribution < -0.4 is 5.73 Å². The zero-order chi connectivity index (χ0) is 10.7. The molecular weight excluding hydrogens is 253 g/mol. The Morgan fingerprint density at radius 1 is 1.64 bits per heavy atom. The van der Waals surface area contributed by atoms with Crippen molar-refractivity contribution in [3.05, 3.63) is 28.0 Å². The molecule has 0 unspecified atom stereocenters. The Kier molecular flexibility index (Phi) is 3.46. The first kappa shape index (κ1) is 11.0. The van der Waals surface area contributed by atoms with E-state index in [-0.39, 0.29) is 16.6 Å². The van der Waals surface area contributed by atoms with Gasteiger partial charge in [-0.1, -0.05) is 0 Å². The minimum absolute atomic E-state index is 0.0187. The van der Waals surface area contributed by atoms with E-state index in [1.807, 2.05) is 0 Å². The van der Waals surface area contributed by atoms with Crippen molar-refractivity contribution in [3.8, 4) is 0 Å². The molecule has 0 spiro atoms. The predicted molar refractivity (Wildman–Crippen MR) is 54.2 cm³/mol. The number of nitrogen functional groups attached to an aromatic ring is 1. The zero-order valence-electron chi connectivity index (χ0n) is 7.51. The number of hydrogen-bond donors (Lipinski definition) is 1. The van der Waals surface area contributed by atoms with Crippen LogP contribution in [0, 0.1) is 5.82 Å². The number of esters is 1. The van der Waals surface area contributed by atoms with Gasteiger partial charge in [0.2, 0.25) is 0 Å². The molecular formula is C9H9BrFNO2. The number of benzene rings is 1. The standard InChI is InChI=1S/C9H9BrFNO2/c1-14-8(13)4-5-2-6(11)9(10)7(12)3-5/h2-3H,4,12H2,1H3. The van der Waals surface area contributed by atoms with Gasteiger partial charge in [0.15, 0.2) is 0 Å². The van der Waals surface area contributed by atoms with Gasteiger partial charge in [0.05, 0.1) is 18.0 Å². The van der Waals surface area contributed by atoms with Gasteiger partial charge in [-0.05, 0) is 33.6 Å². The molecule has 0 aliphatic carbocycles. The Morgan fingerprint density at radius 3 is 2.79 bits per heavy atom. The van der Waals surface area contributed by atoms with Crippen molar-refractivity contribution >= 4 is 27.6 Å². The molecule has 0 bridgehead atoms. The summed E-state index contributed by atoms with van der Waals surface area (Å²) in [5.74, 6) is -0.907. The van der Waals surface area contributed by atoms with Crippen molar-refractivity contribution in [3.63, 3.8) is 0 Å². The zero-order valence-corrected chi connectivity index (χ0v) is 9.10. The van der Waals surface area contributed by atoms with Crippen LogP contribution in [0.1, 0.15) is 5.56 Å². The number of carbonyl (C=O) groups is 1. The first-order valence-electron chi connectivity index (χ1n) is 3.84. The molecule has 1 aromatic carbocycles. The van der Waals surface area contributed by atoms with Gasteiger partial charge in [-0.2, -0.15) is 0 Å². The number of anilines is 1. The Labute approximate surface area is 89.2 Å². The predicted octanol–water partition coefficient (Wildman–Crippen LogP) is 1.89. The molecule has 5 heteroatoms. The highest BCUT2D eigenvalue weighted by Gasteiger charge is 2.09. The second-order valence-corrected chi connectivity index (χ2v) is 3.53. The van der Waals surface area contributed by atoms with E-state index in [4.69, 9.17) is 5.73 Å². The molecule has 1 aromatic rings. The third-order valence-electron chi connectivity index (χ3n) is 1.69. The third-order valence-corrected chi connectivity index (χ3v) is 2.53. The number of carbonyl (C=O) groups excluding carboxylic acids is 1. The summed E-state index contributed by atoms with van der Waals surface area (Å²) in [6.07, 6.45) is 0.0187. The normalized spacial score (nSPS) is 9.93. The first-order chi connectivity index (χ1) is 6.54. The summed E-state index contributed by atoms with van der Waals surface area (Å²) in [4.78, 5) is 10.9. The van der Waals surface area contributed by atoms with Crippen LogP contribution in [0.25, 0.3) is 0 Å². The van der Waals surface area contributed by atoms with E-state index in [0.29, 0.717) is 5.56 Å². The van der Waals surface area contributed by atoms with E-state index >= 15 is 0 Å². The lowest BCUT2D eigenvalue weighted by Gasteiger charge is -2.04. The lowest BCUT2D eigenvalue weighted by Crippen LogP contribution is -2.05. The van der Waals surface area contributed by atoms with Crippen LogP contribution >= 0.6 is 15.9 Å². The lowest BCUT2D eigenvalue weighted by molar-refractivity contribution is -0.139. The number of ether oxygens (including phenoxy) is 1.